The number of aromatic amines is 1. The van der Waals surface area contributed by atoms with Gasteiger partial charge >= 0.3 is 18.2 Å². The molecule has 18 rings (SSSR count). The number of hydrogen-bond acceptors (Lipinski definition) is 21. The number of benzene rings is 8. The van der Waals surface area contributed by atoms with Gasteiger partial charge in [0.05, 0.1) is 89.3 Å². The fourth-order valence-corrected chi connectivity index (χ4v) is 18.9. The van der Waals surface area contributed by atoms with Gasteiger partial charge in [0.15, 0.2) is 22.2 Å². The summed E-state index contributed by atoms with van der Waals surface area (Å²) in [5, 5.41) is 49.6. The number of aliphatic hydroxyl groups is 4. The van der Waals surface area contributed by atoms with E-state index in [4.69, 9.17) is 34.3 Å². The molecule has 12 aromatic rings. The zero-order valence-electron chi connectivity index (χ0n) is 87.2. The standard InChI is InChI=1S/C31H44N4O4Si.C24H26N4O4.C23H26N4O3.C20H22N4O2.C8H19BrOSi.C4H6O3.ClH/c1-30(2,3)39-29(37)34-17-15-33(16-18-34)28(36)24-11-9-23(10-12-24)25-13-14-27-26(21-25)32-22-35(27)19-20-38-40(7,8)31(4,5)6;29-14-13-28-16-25-20-15-19(5-6-21(20)28)17-1-3-18(4-2-17)22(30)26-9-11-27(12-10-26)23(31)24(32)7-8-24;1-23(2,3)30-22(29)27-12-10-26(11-13-27)21(28)17-6-4-16(5-7-17)18-8-9-19-20(14-18)25-15-24-19;25-12-11-24-14-22-18-13-17(5-6-19(18)24)15-1-3-16(4-2-15)20(26)23-9-7-21-8-10-23;1-8(2,6-5-7-9)11(3,4)10;5-3(6)4(7)1-2-4;/h9-14,21-22H,15-20H2,1-8H3;1-6,15-16,29,32H,7-14H2;4-9,14-15H,10-13H2,1-3H3,(H,24,25);1-6,13-14,21,25H,7-12H2;10H,5-7H2,1-4H3;7H,1-2H2,(H,5,6);1H. The lowest BCUT2D eigenvalue weighted by Gasteiger charge is -2.36. The highest BCUT2D eigenvalue weighted by Crippen LogP contribution is 2.42. The number of carbonyl (C=O) groups excluding carboxylic acids is 7. The maximum atomic E-state index is 13.1. The Hall–Kier alpha value is -12.1. The molecular formula is C110H144BrClN16O17Si2. The summed E-state index contributed by atoms with van der Waals surface area (Å²) in [6.07, 6.45) is 10.6. The first-order valence-electron chi connectivity index (χ1n) is 50.3. The number of aliphatic hydroxyl groups excluding tert-OH is 2. The molecule has 0 atom stereocenters. The molecule has 4 aromatic heterocycles. The van der Waals surface area contributed by atoms with Crippen LogP contribution in [0, 0.1) is 0 Å². The van der Waals surface area contributed by atoms with E-state index in [2.05, 4.69) is 123 Å². The summed E-state index contributed by atoms with van der Waals surface area (Å²) in [5.41, 5.74) is 15.1. The molecule has 8 heterocycles. The number of piperazine rings is 4. The van der Waals surface area contributed by atoms with Crippen molar-refractivity contribution in [3.05, 3.63) is 217 Å². The summed E-state index contributed by atoms with van der Waals surface area (Å²) in [5.74, 6) is -1.29. The molecule has 2 saturated carbocycles. The van der Waals surface area contributed by atoms with E-state index < -0.39 is 45.0 Å². The van der Waals surface area contributed by atoms with Gasteiger partial charge in [-0.1, -0.05) is 123 Å². The molecule has 37 heteroatoms. The first-order chi connectivity index (χ1) is 69.1. The van der Waals surface area contributed by atoms with Crippen LogP contribution in [0.2, 0.25) is 36.3 Å². The number of halogens is 2. The maximum Gasteiger partial charge on any atom is 0.410 e. The molecule has 788 valence electrons. The van der Waals surface area contributed by atoms with Crippen LogP contribution in [0.1, 0.15) is 156 Å². The van der Waals surface area contributed by atoms with E-state index in [-0.39, 0.29) is 77.4 Å². The van der Waals surface area contributed by atoms with Gasteiger partial charge in [0.2, 0.25) is 0 Å². The minimum absolute atomic E-state index is 0. The largest absolute Gasteiger partial charge is 0.479 e. The molecule has 0 unspecified atom stereocenters. The zero-order chi connectivity index (χ0) is 105. The molecule has 2 aliphatic carbocycles. The van der Waals surface area contributed by atoms with Gasteiger partial charge in [-0.15, -0.1) is 12.4 Å². The summed E-state index contributed by atoms with van der Waals surface area (Å²) < 4.78 is 23.2. The van der Waals surface area contributed by atoms with Gasteiger partial charge in [-0.3, -0.25) is 24.0 Å². The number of hydrogen-bond donors (Lipinski definition) is 8. The van der Waals surface area contributed by atoms with Gasteiger partial charge in [-0.2, -0.15) is 0 Å². The molecule has 6 aliphatic rings. The van der Waals surface area contributed by atoms with Crippen LogP contribution in [0.4, 0.5) is 9.59 Å². The zero-order valence-corrected chi connectivity index (χ0v) is 91.6. The lowest BCUT2D eigenvalue weighted by atomic mass is 10.0. The molecule has 0 radical (unpaired) electrons. The second-order valence-electron chi connectivity index (χ2n) is 42.7. The summed E-state index contributed by atoms with van der Waals surface area (Å²) in [6, 6.07) is 55.1. The van der Waals surface area contributed by atoms with Crippen LogP contribution in [0.15, 0.2) is 195 Å². The molecule has 6 fully saturated rings. The number of aliphatic carboxylic acids is 1. The molecule has 8 N–H and O–H groups in total. The average molecular weight is 2130 g/mol. The quantitative estimate of drug-likeness (QED) is 0.0231. The highest BCUT2D eigenvalue weighted by molar-refractivity contribution is 9.09. The Bertz CT molecular complexity index is 6510. The number of aromatic nitrogens is 8. The van der Waals surface area contributed by atoms with E-state index in [1.54, 1.807) is 48.4 Å². The smallest absolute Gasteiger partial charge is 0.410 e. The molecular weight excluding hydrogens is 1990 g/mol. The minimum Gasteiger partial charge on any atom is -0.479 e. The molecule has 4 saturated heterocycles. The second kappa shape index (κ2) is 48.9. The highest BCUT2D eigenvalue weighted by Gasteiger charge is 2.51. The lowest BCUT2D eigenvalue weighted by molar-refractivity contribution is -0.149. The average Bonchev–Trinajstić information content (AvgIpc) is 1.62. The van der Waals surface area contributed by atoms with Gasteiger partial charge < -0.3 is 103 Å². The third-order valence-corrected chi connectivity index (χ3v) is 36.6. The number of carbonyl (C=O) groups is 8. The highest BCUT2D eigenvalue weighted by atomic mass is 79.9. The number of carboxylic acid groups (broad SMARTS) is 1. The van der Waals surface area contributed by atoms with Crippen LogP contribution in [-0.2, 0) is 43.1 Å². The topological polar surface area (TPSA) is 402 Å². The van der Waals surface area contributed by atoms with Crippen molar-refractivity contribution in [3.63, 3.8) is 0 Å². The van der Waals surface area contributed by atoms with Gasteiger partial charge in [-0.25, -0.2) is 34.3 Å². The molecule has 4 aliphatic heterocycles. The number of nitrogens with one attached hydrogen (secondary N) is 2. The first kappa shape index (κ1) is 114. The normalized spacial score (nSPS) is 15.7. The third-order valence-electron chi connectivity index (χ3n) is 28.0. The van der Waals surface area contributed by atoms with Crippen LogP contribution in [0.3, 0.4) is 0 Å². The number of rotatable bonds is 22. The van der Waals surface area contributed by atoms with Crippen molar-refractivity contribution < 1.29 is 82.6 Å². The number of nitrogens with zero attached hydrogens (tertiary/aromatic N) is 14. The van der Waals surface area contributed by atoms with Crippen molar-refractivity contribution in [2.24, 2.45) is 0 Å². The first-order valence-corrected chi connectivity index (χ1v) is 57.3. The Balaban J connectivity index is 0.000000165. The van der Waals surface area contributed by atoms with Gasteiger partial charge in [0.25, 0.3) is 29.5 Å². The second-order valence-corrected chi connectivity index (χ2v) is 52.7. The van der Waals surface area contributed by atoms with Crippen molar-refractivity contribution in [1.82, 2.24) is 78.2 Å². The van der Waals surface area contributed by atoms with Crippen LogP contribution in [0.5, 0.6) is 0 Å². The molecule has 8 aromatic carbocycles. The number of H-pyrrole nitrogens is 1. The van der Waals surface area contributed by atoms with Crippen molar-refractivity contribution >= 4 is 137 Å². The maximum absolute atomic E-state index is 13.1. The van der Waals surface area contributed by atoms with E-state index in [1.165, 1.54) is 0 Å². The van der Waals surface area contributed by atoms with Crippen molar-refractivity contribution in [1.29, 1.82) is 0 Å². The Morgan fingerprint density at radius 3 is 1.04 bits per heavy atom. The predicted octanol–water partition coefficient (Wildman–Crippen LogP) is 16.7. The molecule has 7 amide bonds. The van der Waals surface area contributed by atoms with E-state index in [1.807, 2.05) is 221 Å². The van der Waals surface area contributed by atoms with Crippen LogP contribution in [-0.4, -0.2) is 320 Å². The van der Waals surface area contributed by atoms with Crippen molar-refractivity contribution in [2.75, 3.05) is 130 Å². The summed E-state index contributed by atoms with van der Waals surface area (Å²) >= 11 is 3.40. The number of carboxylic acids is 1. The van der Waals surface area contributed by atoms with Crippen LogP contribution >= 0.6 is 28.3 Å². The monoisotopic (exact) mass is 2130 g/mol. The van der Waals surface area contributed by atoms with Gasteiger partial charge in [0.1, 0.15) is 16.8 Å². The van der Waals surface area contributed by atoms with Gasteiger partial charge in [-0.05, 0) is 258 Å². The molecule has 0 bridgehead atoms. The van der Waals surface area contributed by atoms with Crippen molar-refractivity contribution in [2.45, 2.75) is 193 Å². The predicted molar refractivity (Wildman–Crippen MR) is 583 cm³/mol. The number of imidazole rings is 4. The molecule has 147 heavy (non-hydrogen) atoms. The van der Waals surface area contributed by atoms with E-state index in [0.29, 0.717) is 141 Å². The number of fused-ring (bicyclic) bond motifs is 4. The summed E-state index contributed by atoms with van der Waals surface area (Å²) in [4.78, 5) is 141. The van der Waals surface area contributed by atoms with Crippen LogP contribution < -0.4 is 5.32 Å². The summed E-state index contributed by atoms with van der Waals surface area (Å²) in [7, 11) is -3.72. The number of ether oxygens (including phenoxy) is 2. The fraction of sp³-hybridized carbons (Fsp3) is 0.455. The Kier molecular flexibility index (Phi) is 37.8. The number of alkyl halides is 1. The van der Waals surface area contributed by atoms with Crippen molar-refractivity contribution in [3.8, 4) is 44.5 Å². The van der Waals surface area contributed by atoms with Gasteiger partial charge in [0, 0.05) is 152 Å². The van der Waals surface area contributed by atoms with E-state index in [0.717, 1.165) is 145 Å². The Morgan fingerprint density at radius 2 is 0.728 bits per heavy atom. The summed E-state index contributed by atoms with van der Waals surface area (Å²) in [6.45, 7) is 42.4. The Labute approximate surface area is 876 Å². The van der Waals surface area contributed by atoms with E-state index in [9.17, 15) is 48.3 Å². The molecule has 0 spiro atoms. The Morgan fingerprint density at radius 1 is 0.408 bits per heavy atom. The minimum atomic E-state index is -1.94. The fourth-order valence-electron chi connectivity index (χ4n) is 16.8. The lowest BCUT2D eigenvalue weighted by Crippen LogP contribution is -2.53. The number of amides is 7. The third kappa shape index (κ3) is 30.0. The SMILES string of the molecule is CC(C)(C)OC(=O)N1CCN(C(=O)c2ccc(-c3ccc4c(c3)ncn4CCO[Si](C)(C)C(C)(C)C)cc2)CC1.CC(C)(C)OC(=O)N1CCN(C(=O)c2ccc(-c3ccc4nc[nH]c4c3)cc2)CC1.CC(C)(CCCBr)[Si](C)(C)O.Cl.O=C(O)C1(O)CC1.O=C(c1ccc(-c2ccc3c(c2)ncn3CCO)cc1)N1CCN(C(=O)C2(O)CC2)CC1.O=C(c1ccc(-c2ccc3c(c2)ncn3CCO)cc1)N1CCNCC1. The van der Waals surface area contributed by atoms with Crippen LogP contribution in [0.25, 0.3) is 88.6 Å². The van der Waals surface area contributed by atoms with E-state index >= 15 is 0 Å². The molecule has 33 nitrogen and oxygen atoms in total.